The number of nitrogens with two attached hydrogens (primary N) is 1. The Morgan fingerprint density at radius 3 is 2.67 bits per heavy atom. The first-order chi connectivity index (χ1) is 9.64. The van der Waals surface area contributed by atoms with Crippen molar-refractivity contribution in [1.29, 1.82) is 0 Å². The van der Waals surface area contributed by atoms with Crippen LogP contribution in [0.5, 0.6) is 5.75 Å². The maximum Gasteiger partial charge on any atom is 0.241 e. The highest BCUT2D eigenvalue weighted by Crippen LogP contribution is 2.36. The molecule has 0 heterocycles. The Morgan fingerprint density at radius 1 is 1.52 bits per heavy atom. The molecule has 0 radical (unpaired) electrons. The minimum Gasteiger partial charge on any atom is -0.493 e. The van der Waals surface area contributed by atoms with Crippen molar-refractivity contribution in [3.05, 3.63) is 21.6 Å². The molecule has 1 aromatic rings. The number of ether oxygens (including phenoxy) is 1. The van der Waals surface area contributed by atoms with Gasteiger partial charge in [0.2, 0.25) is 5.91 Å². The molecule has 0 saturated heterocycles. The lowest BCUT2D eigenvalue weighted by Crippen LogP contribution is -2.37. The molecule has 6 nitrogen and oxygen atoms in total. The lowest BCUT2D eigenvalue weighted by atomic mass is 10.2. The van der Waals surface area contributed by atoms with Crippen LogP contribution < -0.4 is 15.8 Å². The Kier molecular flexibility index (Phi) is 6.45. The number of halogens is 2. The van der Waals surface area contributed by atoms with Crippen molar-refractivity contribution in [2.45, 2.75) is 12.5 Å². The van der Waals surface area contributed by atoms with Gasteiger partial charge in [0.1, 0.15) is 9.84 Å². The number of benzene rings is 1. The second-order valence-corrected chi connectivity index (χ2v) is 8.03. The minimum atomic E-state index is -3.17. The summed E-state index contributed by atoms with van der Waals surface area (Å²) in [6.07, 6.45) is 1.13. The summed E-state index contributed by atoms with van der Waals surface area (Å²) in [5, 5.41) is 2.99. The zero-order valence-corrected chi connectivity index (χ0v) is 14.7. The number of carbonyl (C=O) groups excluding carboxylic acids is 1. The Hall–Kier alpha value is -0.830. The van der Waals surface area contributed by atoms with E-state index < -0.39 is 21.8 Å². The average Bonchev–Trinajstić information content (AvgIpc) is 2.34. The van der Waals surface area contributed by atoms with E-state index in [0.29, 0.717) is 20.9 Å². The Labute approximate surface area is 137 Å². The molecule has 1 rings (SSSR count). The van der Waals surface area contributed by atoms with Crippen molar-refractivity contribution < 1.29 is 17.9 Å². The maximum absolute atomic E-state index is 12.0. The quantitative estimate of drug-likeness (QED) is 0.760. The molecular weight excluding hydrogens is 384 g/mol. The lowest BCUT2D eigenvalue weighted by molar-refractivity contribution is -0.117. The Bertz CT molecular complexity index is 636. The summed E-state index contributed by atoms with van der Waals surface area (Å²) in [6, 6.07) is 2.20. The van der Waals surface area contributed by atoms with E-state index in [2.05, 4.69) is 21.2 Å². The standard InChI is InChI=1S/C12H16BrClN2O4S/c1-20-11-8(13)5-7(14)6-10(11)16-12(17)9(15)3-4-21(2,18)19/h5-6,9H,3-4,15H2,1-2H3,(H,16,17). The van der Waals surface area contributed by atoms with Gasteiger partial charge in [0.15, 0.2) is 5.75 Å². The summed E-state index contributed by atoms with van der Waals surface area (Å²) < 4.78 is 27.9. The third-order valence-electron chi connectivity index (χ3n) is 2.61. The molecule has 0 fully saturated rings. The lowest BCUT2D eigenvalue weighted by Gasteiger charge is -2.15. The van der Waals surface area contributed by atoms with Gasteiger partial charge in [-0.1, -0.05) is 11.6 Å². The predicted molar refractivity (Wildman–Crippen MR) is 86.6 cm³/mol. The number of nitrogens with one attached hydrogen (secondary N) is 1. The fourth-order valence-corrected chi connectivity index (χ4v) is 3.21. The van der Waals surface area contributed by atoms with Gasteiger partial charge in [-0.3, -0.25) is 4.79 Å². The number of anilines is 1. The normalized spacial score (nSPS) is 12.8. The van der Waals surface area contributed by atoms with Crippen molar-refractivity contribution >= 4 is 49.0 Å². The smallest absolute Gasteiger partial charge is 0.241 e. The largest absolute Gasteiger partial charge is 0.493 e. The van der Waals surface area contributed by atoms with Crippen LogP contribution in [0.15, 0.2) is 16.6 Å². The molecule has 0 aromatic heterocycles. The van der Waals surface area contributed by atoms with Crippen LogP contribution in [0, 0.1) is 0 Å². The van der Waals surface area contributed by atoms with E-state index in [1.54, 1.807) is 6.07 Å². The Morgan fingerprint density at radius 2 is 2.14 bits per heavy atom. The number of methoxy groups -OCH3 is 1. The molecular formula is C12H16BrClN2O4S. The van der Waals surface area contributed by atoms with Crippen molar-refractivity contribution in [1.82, 2.24) is 0 Å². The van der Waals surface area contributed by atoms with Gasteiger partial charge in [-0.05, 0) is 34.5 Å². The molecule has 1 atom stereocenters. The summed E-state index contributed by atoms with van der Waals surface area (Å²) in [4.78, 5) is 12.0. The molecule has 1 amide bonds. The molecule has 1 aromatic carbocycles. The average molecular weight is 400 g/mol. The fourth-order valence-electron chi connectivity index (χ4n) is 1.56. The van der Waals surface area contributed by atoms with Crippen LogP contribution >= 0.6 is 27.5 Å². The number of carbonyl (C=O) groups is 1. The van der Waals surface area contributed by atoms with Gasteiger partial charge < -0.3 is 15.8 Å². The zero-order chi connectivity index (χ0) is 16.2. The summed E-state index contributed by atoms with van der Waals surface area (Å²) in [5.41, 5.74) is 6.04. The van der Waals surface area contributed by atoms with Gasteiger partial charge in [0.05, 0.1) is 29.1 Å². The van der Waals surface area contributed by atoms with E-state index >= 15 is 0 Å². The summed E-state index contributed by atoms with van der Waals surface area (Å²) >= 11 is 9.19. The molecule has 118 valence electrons. The number of sulfone groups is 1. The van der Waals surface area contributed by atoms with Crippen LogP contribution in [-0.2, 0) is 14.6 Å². The first kappa shape index (κ1) is 18.2. The second kappa shape index (κ2) is 7.44. The molecule has 3 N–H and O–H groups in total. The minimum absolute atomic E-state index is 0.0364. The molecule has 1 unspecified atom stereocenters. The molecule has 21 heavy (non-hydrogen) atoms. The predicted octanol–water partition coefficient (Wildman–Crippen LogP) is 1.81. The van der Waals surface area contributed by atoms with Gasteiger partial charge >= 0.3 is 0 Å². The van der Waals surface area contributed by atoms with Gasteiger partial charge in [-0.15, -0.1) is 0 Å². The summed E-state index contributed by atoms with van der Waals surface area (Å²) in [6.45, 7) is 0. The first-order valence-electron chi connectivity index (χ1n) is 5.91. The van der Waals surface area contributed by atoms with Crippen molar-refractivity contribution in [3.8, 4) is 5.75 Å². The molecule has 9 heteroatoms. The van der Waals surface area contributed by atoms with E-state index in [1.807, 2.05) is 0 Å². The van der Waals surface area contributed by atoms with Gasteiger partial charge in [0, 0.05) is 11.3 Å². The summed E-state index contributed by atoms with van der Waals surface area (Å²) in [7, 11) is -1.71. The van der Waals surface area contributed by atoms with Crippen LogP contribution in [0.25, 0.3) is 0 Å². The second-order valence-electron chi connectivity index (χ2n) is 4.48. The molecule has 0 aliphatic heterocycles. The fraction of sp³-hybridized carbons (Fsp3) is 0.417. The van der Waals surface area contributed by atoms with Crippen molar-refractivity contribution in [2.75, 3.05) is 24.4 Å². The molecule has 0 aliphatic rings. The summed E-state index contributed by atoms with van der Waals surface area (Å²) in [5.74, 6) is -0.257. The van der Waals surface area contributed by atoms with Crippen LogP contribution in [-0.4, -0.2) is 39.5 Å². The van der Waals surface area contributed by atoms with Crippen LogP contribution in [0.3, 0.4) is 0 Å². The van der Waals surface area contributed by atoms with Gasteiger partial charge in [-0.25, -0.2) is 8.42 Å². The molecule has 0 spiro atoms. The monoisotopic (exact) mass is 398 g/mol. The van der Waals surface area contributed by atoms with Crippen LogP contribution in [0.1, 0.15) is 6.42 Å². The van der Waals surface area contributed by atoms with Crippen molar-refractivity contribution in [3.63, 3.8) is 0 Å². The topological polar surface area (TPSA) is 98.5 Å². The number of hydrogen-bond acceptors (Lipinski definition) is 5. The number of amides is 1. The maximum atomic E-state index is 12.0. The third-order valence-corrected chi connectivity index (χ3v) is 4.39. The highest BCUT2D eigenvalue weighted by Gasteiger charge is 2.19. The number of hydrogen-bond donors (Lipinski definition) is 2. The van der Waals surface area contributed by atoms with E-state index in [-0.39, 0.29) is 12.2 Å². The van der Waals surface area contributed by atoms with E-state index in [4.69, 9.17) is 22.1 Å². The van der Waals surface area contributed by atoms with Gasteiger partial charge in [0.25, 0.3) is 0 Å². The number of rotatable bonds is 6. The molecule has 0 bridgehead atoms. The van der Waals surface area contributed by atoms with E-state index in [0.717, 1.165) is 6.26 Å². The zero-order valence-electron chi connectivity index (χ0n) is 11.5. The highest BCUT2D eigenvalue weighted by atomic mass is 79.9. The van der Waals surface area contributed by atoms with E-state index in [1.165, 1.54) is 13.2 Å². The van der Waals surface area contributed by atoms with Crippen molar-refractivity contribution in [2.24, 2.45) is 5.73 Å². The van der Waals surface area contributed by atoms with Crippen LogP contribution in [0.2, 0.25) is 5.02 Å². The Balaban J connectivity index is 2.83. The molecule has 0 saturated carbocycles. The highest BCUT2D eigenvalue weighted by molar-refractivity contribution is 9.10. The van der Waals surface area contributed by atoms with Crippen LogP contribution in [0.4, 0.5) is 5.69 Å². The third kappa shape index (κ3) is 5.82. The SMILES string of the molecule is COc1c(Br)cc(Cl)cc1NC(=O)C(N)CCS(C)(=O)=O. The first-order valence-corrected chi connectivity index (χ1v) is 9.14. The van der Waals surface area contributed by atoms with E-state index in [9.17, 15) is 13.2 Å². The van der Waals surface area contributed by atoms with Gasteiger partial charge in [-0.2, -0.15) is 0 Å². The molecule has 0 aliphatic carbocycles.